The van der Waals surface area contributed by atoms with Gasteiger partial charge in [-0.15, -0.1) is 0 Å². The summed E-state index contributed by atoms with van der Waals surface area (Å²) in [6.07, 6.45) is -0.491. The summed E-state index contributed by atoms with van der Waals surface area (Å²) in [6.45, 7) is 8.57. The minimum atomic E-state index is -0.657. The molecular weight excluding hydrogens is 484 g/mol. The van der Waals surface area contributed by atoms with Crippen molar-refractivity contribution in [1.29, 1.82) is 5.26 Å². The van der Waals surface area contributed by atoms with Crippen molar-refractivity contribution in [2.24, 2.45) is 5.92 Å². The van der Waals surface area contributed by atoms with Crippen molar-refractivity contribution in [2.45, 2.75) is 32.5 Å². The molecule has 6 nitrogen and oxygen atoms in total. The van der Waals surface area contributed by atoms with E-state index >= 15 is 0 Å². The molecule has 6 heteroatoms. The second-order valence-corrected chi connectivity index (χ2v) is 11.5. The van der Waals surface area contributed by atoms with Crippen molar-refractivity contribution in [3.63, 3.8) is 0 Å². The number of hydrogen-bond donors (Lipinski definition) is 1. The van der Waals surface area contributed by atoms with E-state index in [1.807, 2.05) is 36.4 Å². The zero-order chi connectivity index (χ0) is 27.8. The van der Waals surface area contributed by atoms with Crippen LogP contribution in [0.2, 0.25) is 0 Å². The lowest BCUT2D eigenvalue weighted by Crippen LogP contribution is -2.54. The Hall–Kier alpha value is -3.66. The molecule has 4 rings (SSSR count). The molecule has 3 aromatic rings. The molecule has 1 N–H and O–H groups in total. The maximum absolute atomic E-state index is 12.9. The molecule has 0 spiro atoms. The lowest BCUT2D eigenvalue weighted by molar-refractivity contribution is -0.890. The first-order valence-electron chi connectivity index (χ1n) is 13.9. The van der Waals surface area contributed by atoms with Crippen LogP contribution in [0.5, 0.6) is 0 Å². The lowest BCUT2D eigenvalue weighted by Gasteiger charge is -2.40. The maximum atomic E-state index is 12.9. The number of quaternary nitrogens is 1. The van der Waals surface area contributed by atoms with E-state index in [-0.39, 0.29) is 18.4 Å². The summed E-state index contributed by atoms with van der Waals surface area (Å²) in [5.74, 6) is 0.0132. The molecule has 0 aromatic heterocycles. The molecule has 1 amide bonds. The van der Waals surface area contributed by atoms with Gasteiger partial charge in [0.1, 0.15) is 18.8 Å². The van der Waals surface area contributed by atoms with Gasteiger partial charge >= 0.3 is 0 Å². The fourth-order valence-corrected chi connectivity index (χ4v) is 5.01. The van der Waals surface area contributed by atoms with Gasteiger partial charge in [-0.1, -0.05) is 80.6 Å². The van der Waals surface area contributed by atoms with Gasteiger partial charge in [-0.2, -0.15) is 5.26 Å². The van der Waals surface area contributed by atoms with Crippen LogP contribution < -0.4 is 10.2 Å². The molecule has 1 unspecified atom stereocenters. The van der Waals surface area contributed by atoms with E-state index < -0.39 is 12.2 Å². The van der Waals surface area contributed by atoms with Gasteiger partial charge in [0.15, 0.2) is 0 Å². The number of rotatable bonds is 10. The molecule has 39 heavy (non-hydrogen) atoms. The summed E-state index contributed by atoms with van der Waals surface area (Å²) >= 11 is 0. The predicted molar refractivity (Wildman–Crippen MR) is 157 cm³/mol. The van der Waals surface area contributed by atoms with E-state index in [4.69, 9.17) is 10.00 Å². The van der Waals surface area contributed by atoms with Crippen LogP contribution in [0, 0.1) is 17.2 Å². The van der Waals surface area contributed by atoms with E-state index in [1.165, 1.54) is 11.3 Å². The first-order chi connectivity index (χ1) is 18.8. The lowest BCUT2D eigenvalue weighted by atomic mass is 9.97. The number of carbonyl (C=O) groups excluding carboxylic acids is 1. The largest absolute Gasteiger partial charge is 0.360 e. The summed E-state index contributed by atoms with van der Waals surface area (Å²) < 4.78 is 7.59. The molecule has 0 saturated carbocycles. The molecule has 1 aliphatic heterocycles. The van der Waals surface area contributed by atoms with Gasteiger partial charge in [-0.05, 0) is 46.7 Å². The van der Waals surface area contributed by atoms with Crippen molar-refractivity contribution in [3.8, 4) is 17.2 Å². The average molecular weight is 526 g/mol. The van der Waals surface area contributed by atoms with Crippen LogP contribution in [-0.2, 0) is 9.53 Å². The van der Waals surface area contributed by atoms with Gasteiger partial charge in [-0.3, -0.25) is 4.79 Å². The monoisotopic (exact) mass is 525 g/mol. The summed E-state index contributed by atoms with van der Waals surface area (Å²) in [6, 6.07) is 29.2. The zero-order valence-corrected chi connectivity index (χ0v) is 23.6. The van der Waals surface area contributed by atoms with Crippen molar-refractivity contribution in [2.75, 3.05) is 51.7 Å². The van der Waals surface area contributed by atoms with Gasteiger partial charge < -0.3 is 19.4 Å². The van der Waals surface area contributed by atoms with Crippen molar-refractivity contribution in [3.05, 3.63) is 90.0 Å². The van der Waals surface area contributed by atoms with Crippen LogP contribution in [0.15, 0.2) is 78.9 Å². The molecule has 0 aliphatic carbocycles. The first kappa shape index (κ1) is 28.4. The fourth-order valence-electron chi connectivity index (χ4n) is 5.01. The summed E-state index contributed by atoms with van der Waals surface area (Å²) in [5, 5.41) is 11.6. The number of piperazine rings is 1. The fraction of sp³-hybridized carbons (Fsp3) is 0.394. The average Bonchev–Trinajstić information content (AvgIpc) is 2.94. The standard InChI is InChI=1S/C33H40N4O2/c1-25(2)24-31(33(38)35-19-18-34)39-32(28-8-6-5-7-9-28)29-12-10-26(11-13-29)27-14-16-30(17-15-27)36-20-22-37(3,4)23-21-36/h5-17,25,31-32H,19-24H2,1-4H3/p+1/t31-,32?/m0/s1. The normalized spacial score (nSPS) is 16.4. The van der Waals surface area contributed by atoms with Crippen LogP contribution in [0.1, 0.15) is 37.5 Å². The summed E-state index contributed by atoms with van der Waals surface area (Å²) in [4.78, 5) is 15.3. The van der Waals surface area contributed by atoms with E-state index in [1.54, 1.807) is 0 Å². The van der Waals surface area contributed by atoms with Crippen LogP contribution >= 0.6 is 0 Å². The van der Waals surface area contributed by atoms with E-state index in [2.05, 4.69) is 86.7 Å². The highest BCUT2D eigenvalue weighted by molar-refractivity contribution is 5.81. The van der Waals surface area contributed by atoms with E-state index in [0.717, 1.165) is 47.4 Å². The smallest absolute Gasteiger partial charge is 0.250 e. The van der Waals surface area contributed by atoms with Gasteiger partial charge in [0.2, 0.25) is 5.91 Å². The number of nitrogens with zero attached hydrogens (tertiary/aromatic N) is 3. The minimum absolute atomic E-state index is 0.0325. The minimum Gasteiger partial charge on any atom is -0.360 e. The Morgan fingerprint density at radius 3 is 2.05 bits per heavy atom. The SMILES string of the molecule is CC(C)C[C@H](OC(c1ccccc1)c1ccc(-c2ccc(N3CC[N+](C)(C)CC3)cc2)cc1)C(=O)NCC#N. The van der Waals surface area contributed by atoms with Crippen LogP contribution in [0.4, 0.5) is 5.69 Å². The van der Waals surface area contributed by atoms with Crippen molar-refractivity contribution >= 4 is 11.6 Å². The number of benzene rings is 3. The second-order valence-electron chi connectivity index (χ2n) is 11.5. The first-order valence-corrected chi connectivity index (χ1v) is 13.9. The number of carbonyl (C=O) groups is 1. The van der Waals surface area contributed by atoms with Gasteiger partial charge in [-0.25, -0.2) is 0 Å². The number of amides is 1. The Balaban J connectivity index is 1.53. The number of nitrogens with one attached hydrogen (secondary N) is 1. The summed E-state index contributed by atoms with van der Waals surface area (Å²) in [5.41, 5.74) is 5.55. The highest BCUT2D eigenvalue weighted by Crippen LogP contribution is 2.31. The van der Waals surface area contributed by atoms with Gasteiger partial charge in [0.25, 0.3) is 0 Å². The molecule has 204 valence electrons. The van der Waals surface area contributed by atoms with E-state index in [0.29, 0.717) is 6.42 Å². The molecule has 1 aliphatic rings. The highest BCUT2D eigenvalue weighted by atomic mass is 16.5. The Labute approximate surface area is 233 Å². The molecule has 1 heterocycles. The molecule has 1 fully saturated rings. The third kappa shape index (κ3) is 7.69. The van der Waals surface area contributed by atoms with Gasteiger partial charge in [0, 0.05) is 5.69 Å². The molecule has 1 saturated heterocycles. The highest BCUT2D eigenvalue weighted by Gasteiger charge is 2.27. The maximum Gasteiger partial charge on any atom is 0.250 e. The van der Waals surface area contributed by atoms with Crippen LogP contribution in [0.25, 0.3) is 11.1 Å². The van der Waals surface area contributed by atoms with Crippen LogP contribution in [-0.4, -0.2) is 63.3 Å². The van der Waals surface area contributed by atoms with E-state index in [9.17, 15) is 4.79 Å². The summed E-state index contributed by atoms with van der Waals surface area (Å²) in [7, 11) is 4.59. The topological polar surface area (TPSA) is 65.4 Å². The molecule has 2 atom stereocenters. The Morgan fingerprint density at radius 2 is 1.49 bits per heavy atom. The van der Waals surface area contributed by atoms with Gasteiger partial charge in [0.05, 0.1) is 46.3 Å². The third-order valence-electron chi connectivity index (χ3n) is 7.45. The number of hydrogen-bond acceptors (Lipinski definition) is 4. The quantitative estimate of drug-likeness (QED) is 0.284. The number of nitriles is 1. The third-order valence-corrected chi connectivity index (χ3v) is 7.45. The number of ether oxygens (including phenoxy) is 1. The molecule has 0 bridgehead atoms. The number of likely N-dealkylation sites (N-methyl/N-ethyl adjacent to an activating group) is 1. The molecule has 0 radical (unpaired) electrons. The predicted octanol–water partition coefficient (Wildman–Crippen LogP) is 5.41. The molecular formula is C33H41N4O2+. The Bertz CT molecular complexity index is 1240. The Morgan fingerprint density at radius 1 is 0.923 bits per heavy atom. The zero-order valence-electron chi connectivity index (χ0n) is 23.6. The second kappa shape index (κ2) is 12.9. The van der Waals surface area contributed by atoms with Crippen molar-refractivity contribution < 1.29 is 14.0 Å². The number of anilines is 1. The Kier molecular flexibility index (Phi) is 9.40. The molecule has 3 aromatic carbocycles. The van der Waals surface area contributed by atoms with Crippen LogP contribution in [0.3, 0.4) is 0 Å². The van der Waals surface area contributed by atoms with Crippen molar-refractivity contribution in [1.82, 2.24) is 5.32 Å².